The Labute approximate surface area is 120 Å². The lowest BCUT2D eigenvalue weighted by Crippen LogP contribution is -2.41. The van der Waals surface area contributed by atoms with Crippen molar-refractivity contribution < 1.29 is 4.39 Å². The van der Waals surface area contributed by atoms with Crippen molar-refractivity contribution in [2.75, 3.05) is 24.5 Å². The summed E-state index contributed by atoms with van der Waals surface area (Å²) in [5.41, 5.74) is 0.873. The second-order valence-corrected chi connectivity index (χ2v) is 5.70. The van der Waals surface area contributed by atoms with Gasteiger partial charge in [0.1, 0.15) is 17.4 Å². The topological polar surface area (TPSA) is 39.1 Å². The SMILES string of the molecule is CC(C)N(CC1CCCNC1)c1cccc(F)c1C#N. The zero-order chi connectivity index (χ0) is 14.5. The molecule has 4 heteroatoms. The second kappa shape index (κ2) is 6.71. The van der Waals surface area contributed by atoms with Gasteiger partial charge < -0.3 is 10.2 Å². The minimum atomic E-state index is -0.433. The highest BCUT2D eigenvalue weighted by atomic mass is 19.1. The number of piperidine rings is 1. The van der Waals surface area contributed by atoms with Gasteiger partial charge in [-0.15, -0.1) is 0 Å². The van der Waals surface area contributed by atoms with Crippen LogP contribution in [0.5, 0.6) is 0 Å². The van der Waals surface area contributed by atoms with Gasteiger partial charge in [0.25, 0.3) is 0 Å². The first-order valence-electron chi connectivity index (χ1n) is 7.29. The average molecular weight is 275 g/mol. The van der Waals surface area contributed by atoms with Crippen molar-refractivity contribution >= 4 is 5.69 Å². The fraction of sp³-hybridized carbons (Fsp3) is 0.562. The fourth-order valence-corrected chi connectivity index (χ4v) is 2.81. The number of nitrogens with zero attached hydrogens (tertiary/aromatic N) is 2. The van der Waals surface area contributed by atoms with E-state index in [1.54, 1.807) is 6.07 Å². The smallest absolute Gasteiger partial charge is 0.143 e. The molecular formula is C16H22FN3. The number of halogens is 1. The zero-order valence-corrected chi connectivity index (χ0v) is 12.2. The van der Waals surface area contributed by atoms with E-state index < -0.39 is 5.82 Å². The normalized spacial score (nSPS) is 18.9. The summed E-state index contributed by atoms with van der Waals surface area (Å²) >= 11 is 0. The summed E-state index contributed by atoms with van der Waals surface area (Å²) in [6.07, 6.45) is 2.37. The average Bonchev–Trinajstić information content (AvgIpc) is 2.45. The molecule has 1 fully saturated rings. The van der Waals surface area contributed by atoms with Crippen molar-refractivity contribution in [1.82, 2.24) is 5.32 Å². The summed E-state index contributed by atoms with van der Waals surface area (Å²) in [4.78, 5) is 2.15. The molecule has 1 heterocycles. The predicted molar refractivity (Wildman–Crippen MR) is 79.2 cm³/mol. The predicted octanol–water partition coefficient (Wildman–Crippen LogP) is 2.91. The maximum Gasteiger partial charge on any atom is 0.143 e. The van der Waals surface area contributed by atoms with Crippen LogP contribution < -0.4 is 10.2 Å². The summed E-state index contributed by atoms with van der Waals surface area (Å²) in [7, 11) is 0. The fourth-order valence-electron chi connectivity index (χ4n) is 2.81. The molecule has 1 atom stereocenters. The molecule has 1 aliphatic rings. The number of benzene rings is 1. The first-order chi connectivity index (χ1) is 9.63. The number of hydrogen-bond acceptors (Lipinski definition) is 3. The number of rotatable bonds is 4. The van der Waals surface area contributed by atoms with Crippen molar-refractivity contribution in [2.24, 2.45) is 5.92 Å². The number of hydrogen-bond donors (Lipinski definition) is 1. The van der Waals surface area contributed by atoms with Crippen LogP contribution in [0.2, 0.25) is 0 Å². The summed E-state index contributed by atoms with van der Waals surface area (Å²) in [6, 6.07) is 7.12. The lowest BCUT2D eigenvalue weighted by molar-refractivity contribution is 0.371. The Morgan fingerprint density at radius 2 is 2.30 bits per heavy atom. The molecule has 1 N–H and O–H groups in total. The van der Waals surface area contributed by atoms with Crippen LogP contribution >= 0.6 is 0 Å². The van der Waals surface area contributed by atoms with Gasteiger partial charge in [-0.2, -0.15) is 5.26 Å². The van der Waals surface area contributed by atoms with Gasteiger partial charge >= 0.3 is 0 Å². The standard InChI is InChI=1S/C16H22FN3/c1-12(2)20(11-13-5-4-8-19-10-13)16-7-3-6-15(17)14(16)9-18/h3,6-7,12-13,19H,4-5,8,10-11H2,1-2H3. The zero-order valence-electron chi connectivity index (χ0n) is 12.2. The number of anilines is 1. The highest BCUT2D eigenvalue weighted by molar-refractivity contribution is 5.60. The van der Waals surface area contributed by atoms with Crippen molar-refractivity contribution in [3.05, 3.63) is 29.6 Å². The third-order valence-electron chi connectivity index (χ3n) is 3.89. The second-order valence-electron chi connectivity index (χ2n) is 5.70. The van der Waals surface area contributed by atoms with Crippen LogP contribution in [0.1, 0.15) is 32.3 Å². The number of nitriles is 1. The minimum Gasteiger partial charge on any atom is -0.368 e. The molecule has 1 saturated heterocycles. The molecular weight excluding hydrogens is 253 g/mol. The molecule has 0 spiro atoms. The summed E-state index contributed by atoms with van der Waals surface area (Å²) in [6.45, 7) is 7.12. The van der Waals surface area contributed by atoms with Crippen LogP contribution in [0.3, 0.4) is 0 Å². The third-order valence-corrected chi connectivity index (χ3v) is 3.89. The van der Waals surface area contributed by atoms with E-state index in [2.05, 4.69) is 24.1 Å². The van der Waals surface area contributed by atoms with Crippen molar-refractivity contribution in [3.8, 4) is 6.07 Å². The molecule has 108 valence electrons. The van der Waals surface area contributed by atoms with Gasteiger partial charge in [-0.05, 0) is 57.8 Å². The van der Waals surface area contributed by atoms with E-state index in [0.29, 0.717) is 11.6 Å². The Bertz CT molecular complexity index is 487. The Hall–Kier alpha value is -1.60. The third kappa shape index (κ3) is 3.29. The largest absolute Gasteiger partial charge is 0.368 e. The monoisotopic (exact) mass is 275 g/mol. The summed E-state index contributed by atoms with van der Waals surface area (Å²) in [5.74, 6) is 0.123. The molecule has 1 aliphatic heterocycles. The van der Waals surface area contributed by atoms with Gasteiger partial charge in [-0.25, -0.2) is 4.39 Å². The molecule has 20 heavy (non-hydrogen) atoms. The molecule has 1 aromatic carbocycles. The van der Waals surface area contributed by atoms with Crippen LogP contribution in [0.4, 0.5) is 10.1 Å². The highest BCUT2D eigenvalue weighted by Gasteiger charge is 2.22. The van der Waals surface area contributed by atoms with E-state index in [1.807, 2.05) is 12.1 Å². The van der Waals surface area contributed by atoms with Gasteiger partial charge in [0.05, 0.1) is 5.69 Å². The molecule has 0 aliphatic carbocycles. The van der Waals surface area contributed by atoms with Gasteiger partial charge in [-0.1, -0.05) is 6.07 Å². The van der Waals surface area contributed by atoms with Crippen molar-refractivity contribution in [3.63, 3.8) is 0 Å². The quantitative estimate of drug-likeness (QED) is 0.918. The van der Waals surface area contributed by atoms with E-state index >= 15 is 0 Å². The van der Waals surface area contributed by atoms with Crippen molar-refractivity contribution in [2.45, 2.75) is 32.7 Å². The van der Waals surface area contributed by atoms with Crippen LogP contribution in [0.25, 0.3) is 0 Å². The Balaban J connectivity index is 2.24. The van der Waals surface area contributed by atoms with Gasteiger partial charge in [0, 0.05) is 12.6 Å². The molecule has 2 rings (SSSR count). The Morgan fingerprint density at radius 1 is 1.50 bits per heavy atom. The molecule has 0 saturated carbocycles. The molecule has 3 nitrogen and oxygen atoms in total. The van der Waals surface area contributed by atoms with E-state index in [-0.39, 0.29) is 11.6 Å². The molecule has 0 bridgehead atoms. The van der Waals surface area contributed by atoms with Crippen LogP contribution in [-0.2, 0) is 0 Å². The number of nitrogens with one attached hydrogen (secondary N) is 1. The van der Waals surface area contributed by atoms with Crippen LogP contribution in [-0.4, -0.2) is 25.7 Å². The minimum absolute atomic E-state index is 0.157. The van der Waals surface area contributed by atoms with Crippen molar-refractivity contribution in [1.29, 1.82) is 5.26 Å². The van der Waals surface area contributed by atoms with Gasteiger partial charge in [0.2, 0.25) is 0 Å². The van der Waals surface area contributed by atoms with E-state index in [4.69, 9.17) is 0 Å². The summed E-state index contributed by atoms with van der Waals surface area (Å²) < 4.78 is 13.8. The molecule has 0 radical (unpaired) electrons. The van der Waals surface area contributed by atoms with Crippen LogP contribution in [0.15, 0.2) is 18.2 Å². The maximum atomic E-state index is 13.8. The first-order valence-corrected chi connectivity index (χ1v) is 7.29. The molecule has 1 unspecified atom stereocenters. The van der Waals surface area contributed by atoms with Gasteiger partial charge in [-0.3, -0.25) is 0 Å². The van der Waals surface area contributed by atoms with Crippen LogP contribution in [0, 0.1) is 23.1 Å². The molecule has 0 amide bonds. The Kier molecular flexibility index (Phi) is 4.97. The molecule has 1 aromatic rings. The van der Waals surface area contributed by atoms with Gasteiger partial charge in [0.15, 0.2) is 0 Å². The van der Waals surface area contributed by atoms with E-state index in [0.717, 1.165) is 19.6 Å². The lowest BCUT2D eigenvalue weighted by Gasteiger charge is -2.35. The maximum absolute atomic E-state index is 13.8. The first kappa shape index (κ1) is 14.8. The molecule has 0 aromatic heterocycles. The van der Waals surface area contributed by atoms with E-state index in [9.17, 15) is 9.65 Å². The highest BCUT2D eigenvalue weighted by Crippen LogP contribution is 2.26. The lowest BCUT2D eigenvalue weighted by atomic mass is 9.97. The Morgan fingerprint density at radius 3 is 2.90 bits per heavy atom. The summed E-state index contributed by atoms with van der Waals surface area (Å²) in [5, 5.41) is 12.6. The van der Waals surface area contributed by atoms with E-state index in [1.165, 1.54) is 18.9 Å².